The maximum Gasteiger partial charge on any atom is 0.418 e. The van der Waals surface area contributed by atoms with Crippen LogP contribution in [0.15, 0.2) is 59.5 Å². The molecule has 4 rings (SSSR count). The maximum atomic E-state index is 13.8. The number of carbonyl (C=O) groups excluding carboxylic acids is 1. The molecule has 3 aromatic rings. The number of carbonyl (C=O) groups is 1. The molecule has 184 valence electrons. The molecule has 6 nitrogen and oxygen atoms in total. The van der Waals surface area contributed by atoms with Crippen LogP contribution in [0.4, 0.5) is 30.2 Å². The summed E-state index contributed by atoms with van der Waals surface area (Å²) in [4.78, 5) is 29.5. The smallest absolute Gasteiger partial charge is 0.384 e. The quantitative estimate of drug-likeness (QED) is 0.394. The SMILES string of the molecule is O=C(Nc1ccc(N2CCCC2)c(C(F)(F)F)c1)c1c(NCCc2cccc(Cl)c2)cc[nH]c1=O. The van der Waals surface area contributed by atoms with Crippen molar-refractivity contribution >= 4 is 34.6 Å². The van der Waals surface area contributed by atoms with Gasteiger partial charge in [-0.15, -0.1) is 0 Å². The van der Waals surface area contributed by atoms with Crippen molar-refractivity contribution in [1.29, 1.82) is 0 Å². The molecule has 2 heterocycles. The summed E-state index contributed by atoms with van der Waals surface area (Å²) in [7, 11) is 0. The normalized spacial score (nSPS) is 13.7. The lowest BCUT2D eigenvalue weighted by Crippen LogP contribution is -2.26. The van der Waals surface area contributed by atoms with Crippen LogP contribution in [-0.2, 0) is 12.6 Å². The number of nitrogens with one attached hydrogen (secondary N) is 3. The Labute approximate surface area is 205 Å². The van der Waals surface area contributed by atoms with Gasteiger partial charge in [0.15, 0.2) is 0 Å². The number of benzene rings is 2. The molecule has 1 fully saturated rings. The molecule has 2 aromatic carbocycles. The highest BCUT2D eigenvalue weighted by Gasteiger charge is 2.36. The lowest BCUT2D eigenvalue weighted by Gasteiger charge is -2.23. The first kappa shape index (κ1) is 24.7. The van der Waals surface area contributed by atoms with E-state index < -0.39 is 23.2 Å². The van der Waals surface area contributed by atoms with E-state index in [2.05, 4.69) is 15.6 Å². The second-order valence-electron chi connectivity index (χ2n) is 8.28. The number of rotatable bonds is 7. The topological polar surface area (TPSA) is 77.2 Å². The third-order valence-electron chi connectivity index (χ3n) is 5.81. The molecule has 0 aliphatic carbocycles. The van der Waals surface area contributed by atoms with Crippen LogP contribution in [0.1, 0.15) is 34.3 Å². The van der Waals surface area contributed by atoms with Crippen LogP contribution < -0.4 is 21.1 Å². The van der Waals surface area contributed by atoms with E-state index in [9.17, 15) is 22.8 Å². The summed E-state index contributed by atoms with van der Waals surface area (Å²) < 4.78 is 41.3. The van der Waals surface area contributed by atoms with Crippen molar-refractivity contribution < 1.29 is 18.0 Å². The predicted octanol–water partition coefficient (Wildman–Crippen LogP) is 5.55. The minimum atomic E-state index is -4.59. The summed E-state index contributed by atoms with van der Waals surface area (Å²) >= 11 is 6.00. The molecule has 1 aliphatic heterocycles. The van der Waals surface area contributed by atoms with Crippen LogP contribution in [0.3, 0.4) is 0 Å². The van der Waals surface area contributed by atoms with Crippen LogP contribution in [0.5, 0.6) is 0 Å². The van der Waals surface area contributed by atoms with Crippen LogP contribution in [0.2, 0.25) is 5.02 Å². The van der Waals surface area contributed by atoms with Crippen LogP contribution in [-0.4, -0.2) is 30.5 Å². The largest absolute Gasteiger partial charge is 0.418 e. The Kier molecular flexibility index (Phi) is 7.35. The van der Waals surface area contributed by atoms with Crippen molar-refractivity contribution in [2.75, 3.05) is 35.2 Å². The molecular weight excluding hydrogens is 481 g/mol. The Morgan fingerprint density at radius 2 is 1.86 bits per heavy atom. The molecular formula is C25H24ClF3N4O2. The van der Waals surface area contributed by atoms with Crippen LogP contribution in [0.25, 0.3) is 0 Å². The van der Waals surface area contributed by atoms with Crippen LogP contribution in [0, 0.1) is 0 Å². The van der Waals surface area contributed by atoms with E-state index in [1.54, 1.807) is 11.0 Å². The summed E-state index contributed by atoms with van der Waals surface area (Å²) in [6.07, 6.45) is -0.940. The molecule has 0 bridgehead atoms. The number of aromatic amines is 1. The number of aromatic nitrogens is 1. The third kappa shape index (κ3) is 5.97. The van der Waals surface area contributed by atoms with Gasteiger partial charge in [-0.05, 0) is 61.2 Å². The molecule has 35 heavy (non-hydrogen) atoms. The average Bonchev–Trinajstić information content (AvgIpc) is 3.33. The van der Waals surface area contributed by atoms with E-state index in [0.29, 0.717) is 31.1 Å². The zero-order chi connectivity index (χ0) is 25.0. The van der Waals surface area contributed by atoms with Gasteiger partial charge in [-0.25, -0.2) is 0 Å². The van der Waals surface area contributed by atoms with Crippen molar-refractivity contribution in [3.8, 4) is 0 Å². The Morgan fingerprint density at radius 3 is 2.57 bits per heavy atom. The van der Waals surface area contributed by atoms with Gasteiger partial charge in [-0.2, -0.15) is 13.2 Å². The second-order valence-corrected chi connectivity index (χ2v) is 8.72. The van der Waals surface area contributed by atoms with Gasteiger partial charge in [-0.1, -0.05) is 23.7 Å². The second kappa shape index (κ2) is 10.4. The predicted molar refractivity (Wildman–Crippen MR) is 132 cm³/mol. The maximum absolute atomic E-state index is 13.8. The molecule has 0 saturated carbocycles. The number of alkyl halides is 3. The van der Waals surface area contributed by atoms with Crippen molar-refractivity contribution in [2.45, 2.75) is 25.4 Å². The van der Waals surface area contributed by atoms with Gasteiger partial charge < -0.3 is 20.5 Å². The molecule has 0 spiro atoms. The van der Waals surface area contributed by atoms with Crippen molar-refractivity contribution in [3.63, 3.8) is 0 Å². The Bertz CT molecular complexity index is 1270. The number of H-pyrrole nitrogens is 1. The number of anilines is 3. The lowest BCUT2D eigenvalue weighted by atomic mass is 10.1. The Morgan fingerprint density at radius 1 is 1.09 bits per heavy atom. The van der Waals surface area contributed by atoms with Gasteiger partial charge in [0.2, 0.25) is 0 Å². The standard InChI is InChI=1S/C25H24ClF3N4O2/c26-17-5-3-4-16(14-17)8-10-30-20-9-11-31-23(34)22(20)24(35)32-18-6-7-21(33-12-1-2-13-33)19(15-18)25(27,28)29/h3-7,9,11,14-15H,1-2,8,10,12-13H2,(H,32,35)(H2,30,31,34). The Balaban J connectivity index is 1.53. The van der Waals surface area contributed by atoms with Crippen LogP contribution >= 0.6 is 11.6 Å². The number of amides is 1. The van der Waals surface area contributed by atoms with E-state index in [-0.39, 0.29) is 22.6 Å². The van der Waals surface area contributed by atoms with Gasteiger partial charge in [0, 0.05) is 42.2 Å². The van der Waals surface area contributed by atoms with Crippen molar-refractivity contribution in [1.82, 2.24) is 4.98 Å². The van der Waals surface area contributed by atoms with Crippen molar-refractivity contribution in [2.24, 2.45) is 0 Å². The number of nitrogens with zero attached hydrogens (tertiary/aromatic N) is 1. The van der Waals surface area contributed by atoms with Gasteiger partial charge in [0.25, 0.3) is 11.5 Å². The summed E-state index contributed by atoms with van der Waals surface area (Å²) in [6, 6.07) is 12.5. The number of hydrogen-bond acceptors (Lipinski definition) is 4. The summed E-state index contributed by atoms with van der Waals surface area (Å²) in [5.41, 5.74) is -0.390. The first-order valence-electron chi connectivity index (χ1n) is 11.2. The zero-order valence-corrected chi connectivity index (χ0v) is 19.5. The third-order valence-corrected chi connectivity index (χ3v) is 6.05. The Hall–Kier alpha value is -3.46. The molecule has 0 atom stereocenters. The number of hydrogen-bond donors (Lipinski definition) is 3. The van der Waals surface area contributed by atoms with Gasteiger partial charge in [0.1, 0.15) is 5.56 Å². The molecule has 1 aliphatic rings. The molecule has 0 radical (unpaired) electrons. The highest BCUT2D eigenvalue weighted by atomic mass is 35.5. The molecule has 10 heteroatoms. The molecule has 1 amide bonds. The summed E-state index contributed by atoms with van der Waals surface area (Å²) in [5, 5.41) is 6.11. The first-order valence-corrected chi connectivity index (χ1v) is 11.6. The van der Waals surface area contributed by atoms with E-state index in [1.807, 2.05) is 18.2 Å². The van der Waals surface area contributed by atoms with Crippen molar-refractivity contribution in [3.05, 3.63) is 86.8 Å². The highest BCUT2D eigenvalue weighted by Crippen LogP contribution is 2.39. The molecule has 0 unspecified atom stereocenters. The highest BCUT2D eigenvalue weighted by molar-refractivity contribution is 6.30. The average molecular weight is 505 g/mol. The lowest BCUT2D eigenvalue weighted by molar-refractivity contribution is -0.137. The first-order chi connectivity index (χ1) is 16.7. The molecule has 1 aromatic heterocycles. The van der Waals surface area contributed by atoms with Gasteiger partial charge in [-0.3, -0.25) is 9.59 Å². The van der Waals surface area contributed by atoms with E-state index in [1.165, 1.54) is 24.4 Å². The summed E-state index contributed by atoms with van der Waals surface area (Å²) in [5.74, 6) is -0.806. The van der Waals surface area contributed by atoms with Gasteiger partial charge in [0.05, 0.1) is 11.3 Å². The molecule has 3 N–H and O–H groups in total. The van der Waals surface area contributed by atoms with E-state index in [0.717, 1.165) is 24.5 Å². The monoisotopic (exact) mass is 504 g/mol. The number of halogens is 4. The minimum Gasteiger partial charge on any atom is -0.384 e. The van der Waals surface area contributed by atoms with Gasteiger partial charge >= 0.3 is 6.18 Å². The van der Waals surface area contributed by atoms with E-state index in [4.69, 9.17) is 11.6 Å². The summed E-state index contributed by atoms with van der Waals surface area (Å²) in [6.45, 7) is 1.52. The number of pyridine rings is 1. The fraction of sp³-hybridized carbons (Fsp3) is 0.280. The zero-order valence-electron chi connectivity index (χ0n) is 18.7. The molecule has 1 saturated heterocycles. The minimum absolute atomic E-state index is 0.0431. The fourth-order valence-corrected chi connectivity index (χ4v) is 4.37. The fourth-order valence-electron chi connectivity index (χ4n) is 4.15. The van der Waals surface area contributed by atoms with E-state index >= 15 is 0 Å².